The average Bonchev–Trinajstić information content (AvgIpc) is 2.65. The lowest BCUT2D eigenvalue weighted by Gasteiger charge is -2.16. The van der Waals surface area contributed by atoms with Gasteiger partial charge in [-0.1, -0.05) is 6.07 Å². The first-order chi connectivity index (χ1) is 11.7. The molecular formula is C18H20N2O4. The summed E-state index contributed by atoms with van der Waals surface area (Å²) in [5.41, 5.74) is 1.74. The van der Waals surface area contributed by atoms with Crippen molar-refractivity contribution in [2.45, 2.75) is 12.3 Å². The zero-order chi connectivity index (χ0) is 17.5. The summed E-state index contributed by atoms with van der Waals surface area (Å²) in [7, 11) is 6.21. The molecule has 6 heteroatoms. The lowest BCUT2D eigenvalue weighted by molar-refractivity contribution is 0.323. The maximum Gasteiger partial charge on any atom is 0.212 e. The van der Waals surface area contributed by atoms with Gasteiger partial charge >= 0.3 is 0 Å². The predicted molar refractivity (Wildman–Crippen MR) is 88.9 cm³/mol. The third kappa shape index (κ3) is 3.69. The van der Waals surface area contributed by atoms with E-state index in [1.54, 1.807) is 52.8 Å². The second-order valence-electron chi connectivity index (χ2n) is 5.05. The quantitative estimate of drug-likeness (QED) is 0.778. The van der Waals surface area contributed by atoms with Crippen molar-refractivity contribution >= 4 is 0 Å². The molecular weight excluding hydrogens is 308 g/mol. The molecule has 6 nitrogen and oxygen atoms in total. The van der Waals surface area contributed by atoms with E-state index in [-0.39, 0.29) is 5.92 Å². The van der Waals surface area contributed by atoms with Crippen molar-refractivity contribution in [1.82, 2.24) is 4.98 Å². The Morgan fingerprint density at radius 2 is 1.67 bits per heavy atom. The van der Waals surface area contributed by atoms with E-state index in [1.165, 1.54) is 0 Å². The minimum absolute atomic E-state index is 0.367. The molecule has 1 aromatic heterocycles. The largest absolute Gasteiger partial charge is 0.493 e. The fourth-order valence-electron chi connectivity index (χ4n) is 2.43. The van der Waals surface area contributed by atoms with Gasteiger partial charge in [0.1, 0.15) is 0 Å². The van der Waals surface area contributed by atoms with Crippen LogP contribution in [-0.2, 0) is 6.42 Å². The van der Waals surface area contributed by atoms with E-state index < -0.39 is 0 Å². The van der Waals surface area contributed by atoms with Gasteiger partial charge in [0.15, 0.2) is 11.5 Å². The minimum Gasteiger partial charge on any atom is -0.493 e. The van der Waals surface area contributed by atoms with Crippen molar-refractivity contribution in [2.75, 3.05) is 28.4 Å². The monoisotopic (exact) mass is 328 g/mol. The molecule has 2 aromatic rings. The third-order valence-electron chi connectivity index (χ3n) is 3.69. The Balaban J connectivity index is 2.34. The molecule has 0 saturated carbocycles. The molecule has 1 unspecified atom stereocenters. The Hall–Kier alpha value is -2.94. The standard InChI is InChI=1S/C18H20N2O4/c1-21-15-8-13(9-16(22-2)18(15)24-4)14(10-19)7-12-5-6-17(23-3)20-11-12/h5-6,8-9,11,14H,7H2,1-4H3. The molecule has 2 rings (SSSR count). The summed E-state index contributed by atoms with van der Waals surface area (Å²) in [6.45, 7) is 0. The van der Waals surface area contributed by atoms with Gasteiger partial charge in [-0.2, -0.15) is 5.26 Å². The highest BCUT2D eigenvalue weighted by atomic mass is 16.5. The summed E-state index contributed by atoms with van der Waals surface area (Å²) < 4.78 is 21.1. The van der Waals surface area contributed by atoms with Crippen molar-refractivity contribution in [3.63, 3.8) is 0 Å². The lowest BCUT2D eigenvalue weighted by Crippen LogP contribution is -2.04. The molecule has 0 amide bonds. The molecule has 0 aliphatic carbocycles. The minimum atomic E-state index is -0.367. The Morgan fingerprint density at radius 3 is 2.08 bits per heavy atom. The molecule has 126 valence electrons. The number of nitriles is 1. The van der Waals surface area contributed by atoms with Crippen molar-refractivity contribution in [1.29, 1.82) is 5.26 Å². The van der Waals surface area contributed by atoms with Crippen LogP contribution in [0.4, 0.5) is 0 Å². The fourth-order valence-corrected chi connectivity index (χ4v) is 2.43. The highest BCUT2D eigenvalue weighted by molar-refractivity contribution is 5.55. The summed E-state index contributed by atoms with van der Waals surface area (Å²) in [6.07, 6.45) is 2.23. The van der Waals surface area contributed by atoms with Crippen LogP contribution in [0.5, 0.6) is 23.1 Å². The Labute approximate surface area is 141 Å². The first kappa shape index (κ1) is 17.4. The predicted octanol–water partition coefficient (Wildman–Crippen LogP) is 2.97. The normalized spacial score (nSPS) is 11.3. The van der Waals surface area contributed by atoms with Crippen LogP contribution in [0.3, 0.4) is 0 Å². The van der Waals surface area contributed by atoms with Crippen molar-refractivity contribution < 1.29 is 18.9 Å². The van der Waals surface area contributed by atoms with E-state index in [4.69, 9.17) is 18.9 Å². The number of hydrogen-bond donors (Lipinski definition) is 0. The number of nitrogens with zero attached hydrogens (tertiary/aromatic N) is 2. The van der Waals surface area contributed by atoms with E-state index in [9.17, 15) is 5.26 Å². The van der Waals surface area contributed by atoms with Crippen LogP contribution in [0.25, 0.3) is 0 Å². The summed E-state index contributed by atoms with van der Waals surface area (Å²) in [4.78, 5) is 4.17. The van der Waals surface area contributed by atoms with Crippen molar-refractivity contribution in [3.05, 3.63) is 41.6 Å². The van der Waals surface area contributed by atoms with Gasteiger partial charge < -0.3 is 18.9 Å². The van der Waals surface area contributed by atoms with Crippen LogP contribution in [0.1, 0.15) is 17.0 Å². The summed E-state index contributed by atoms with van der Waals surface area (Å²) in [6, 6.07) is 9.59. The molecule has 0 N–H and O–H groups in total. The second-order valence-corrected chi connectivity index (χ2v) is 5.05. The molecule has 0 saturated heterocycles. The van der Waals surface area contributed by atoms with E-state index >= 15 is 0 Å². The van der Waals surface area contributed by atoms with Gasteiger partial charge in [0.25, 0.3) is 0 Å². The number of hydrogen-bond acceptors (Lipinski definition) is 6. The van der Waals surface area contributed by atoms with Crippen LogP contribution < -0.4 is 18.9 Å². The van der Waals surface area contributed by atoms with E-state index in [2.05, 4.69) is 11.1 Å². The molecule has 0 fully saturated rings. The van der Waals surface area contributed by atoms with Gasteiger partial charge in [-0.3, -0.25) is 0 Å². The summed E-state index contributed by atoms with van der Waals surface area (Å²) >= 11 is 0. The summed E-state index contributed by atoms with van der Waals surface area (Å²) in [5, 5.41) is 9.59. The van der Waals surface area contributed by atoms with Gasteiger partial charge in [0.05, 0.1) is 40.4 Å². The van der Waals surface area contributed by atoms with Crippen molar-refractivity contribution in [3.8, 4) is 29.2 Å². The number of methoxy groups -OCH3 is 4. The molecule has 0 aliphatic heterocycles. The highest BCUT2D eigenvalue weighted by Gasteiger charge is 2.19. The molecule has 1 aromatic carbocycles. The van der Waals surface area contributed by atoms with Crippen LogP contribution in [0.2, 0.25) is 0 Å². The van der Waals surface area contributed by atoms with Crippen LogP contribution >= 0.6 is 0 Å². The van der Waals surface area contributed by atoms with Gasteiger partial charge in [-0.05, 0) is 29.7 Å². The number of pyridine rings is 1. The Morgan fingerprint density at radius 1 is 1.00 bits per heavy atom. The zero-order valence-electron chi connectivity index (χ0n) is 14.2. The average molecular weight is 328 g/mol. The number of benzene rings is 1. The van der Waals surface area contributed by atoms with Gasteiger partial charge in [0, 0.05) is 12.3 Å². The zero-order valence-corrected chi connectivity index (χ0v) is 14.2. The van der Waals surface area contributed by atoms with Crippen molar-refractivity contribution in [2.24, 2.45) is 0 Å². The molecule has 24 heavy (non-hydrogen) atoms. The third-order valence-corrected chi connectivity index (χ3v) is 3.69. The smallest absolute Gasteiger partial charge is 0.212 e. The maximum atomic E-state index is 9.59. The lowest BCUT2D eigenvalue weighted by atomic mass is 9.93. The Kier molecular flexibility index (Phi) is 5.85. The highest BCUT2D eigenvalue weighted by Crippen LogP contribution is 2.40. The first-order valence-corrected chi connectivity index (χ1v) is 7.35. The topological polar surface area (TPSA) is 73.6 Å². The Bertz CT molecular complexity index is 698. The molecule has 1 heterocycles. The van der Waals surface area contributed by atoms with Gasteiger partial charge in [0.2, 0.25) is 11.6 Å². The number of ether oxygens (including phenoxy) is 4. The van der Waals surface area contributed by atoms with E-state index in [0.717, 1.165) is 11.1 Å². The second kappa shape index (κ2) is 8.06. The van der Waals surface area contributed by atoms with E-state index in [0.29, 0.717) is 29.5 Å². The molecule has 0 aliphatic rings. The fraction of sp³-hybridized carbons (Fsp3) is 0.333. The molecule has 1 atom stereocenters. The van der Waals surface area contributed by atoms with Crippen LogP contribution in [-0.4, -0.2) is 33.4 Å². The van der Waals surface area contributed by atoms with E-state index in [1.807, 2.05) is 6.07 Å². The first-order valence-electron chi connectivity index (χ1n) is 7.35. The SMILES string of the molecule is COc1ccc(CC(C#N)c2cc(OC)c(OC)c(OC)c2)cn1. The van der Waals surface area contributed by atoms with Crippen LogP contribution in [0.15, 0.2) is 30.5 Å². The maximum absolute atomic E-state index is 9.59. The van der Waals surface area contributed by atoms with Gasteiger partial charge in [-0.15, -0.1) is 0 Å². The molecule has 0 radical (unpaired) electrons. The summed E-state index contributed by atoms with van der Waals surface area (Å²) in [5.74, 6) is 1.74. The molecule has 0 spiro atoms. The van der Waals surface area contributed by atoms with Crippen LogP contribution in [0, 0.1) is 11.3 Å². The van der Waals surface area contributed by atoms with Gasteiger partial charge in [-0.25, -0.2) is 4.98 Å². The number of aromatic nitrogens is 1. The molecule has 0 bridgehead atoms. The number of rotatable bonds is 7.